The summed E-state index contributed by atoms with van der Waals surface area (Å²) in [6.45, 7) is 1.24. The minimum atomic E-state index is -0.461. The van der Waals surface area contributed by atoms with Gasteiger partial charge in [-0.15, -0.1) is 0 Å². The lowest BCUT2D eigenvalue weighted by Crippen LogP contribution is -2.50. The van der Waals surface area contributed by atoms with E-state index in [1.807, 2.05) is 0 Å². The summed E-state index contributed by atoms with van der Waals surface area (Å²) < 4.78 is 1.47. The Labute approximate surface area is 144 Å². The Bertz CT molecular complexity index is 740. The number of carbonyl (C=O) groups excluding carboxylic acids is 3. The number of carbonyl (C=O) groups is 3. The average Bonchev–Trinajstić information content (AvgIpc) is 3.40. The van der Waals surface area contributed by atoms with Crippen molar-refractivity contribution in [2.75, 3.05) is 19.6 Å². The van der Waals surface area contributed by atoms with Gasteiger partial charge in [-0.2, -0.15) is 0 Å². The molecule has 4 amide bonds. The van der Waals surface area contributed by atoms with Crippen molar-refractivity contribution in [3.8, 4) is 0 Å². The molecule has 134 valence electrons. The van der Waals surface area contributed by atoms with E-state index in [9.17, 15) is 19.2 Å². The van der Waals surface area contributed by atoms with Gasteiger partial charge in [-0.1, -0.05) is 0 Å². The SMILES string of the molecule is O=C(CCN1CCC(=O)NC1=O)NCCn1cnc(C2CC2)cc1=O. The summed E-state index contributed by atoms with van der Waals surface area (Å²) >= 11 is 0. The van der Waals surface area contributed by atoms with E-state index in [0.29, 0.717) is 25.6 Å². The largest absolute Gasteiger partial charge is 0.354 e. The van der Waals surface area contributed by atoms with Gasteiger partial charge in [0.25, 0.3) is 5.56 Å². The highest BCUT2D eigenvalue weighted by molar-refractivity contribution is 5.96. The Morgan fingerprint density at radius 2 is 2.08 bits per heavy atom. The number of hydrogen-bond acceptors (Lipinski definition) is 5. The van der Waals surface area contributed by atoms with Crippen LogP contribution < -0.4 is 16.2 Å². The smallest absolute Gasteiger partial charge is 0.324 e. The second kappa shape index (κ2) is 7.45. The van der Waals surface area contributed by atoms with E-state index in [1.165, 1.54) is 15.8 Å². The third-order valence-corrected chi connectivity index (χ3v) is 4.32. The zero-order chi connectivity index (χ0) is 17.8. The monoisotopic (exact) mass is 347 g/mol. The first-order chi connectivity index (χ1) is 12.0. The van der Waals surface area contributed by atoms with E-state index in [0.717, 1.165) is 18.5 Å². The number of imide groups is 1. The van der Waals surface area contributed by atoms with Crippen LogP contribution in [0.2, 0.25) is 0 Å². The van der Waals surface area contributed by atoms with Crippen molar-refractivity contribution in [3.05, 3.63) is 28.4 Å². The molecule has 1 saturated carbocycles. The molecule has 2 heterocycles. The zero-order valence-electron chi connectivity index (χ0n) is 13.9. The van der Waals surface area contributed by atoms with Gasteiger partial charge in [0.05, 0.1) is 12.0 Å². The summed E-state index contributed by atoms with van der Waals surface area (Å²) in [5, 5.41) is 4.93. The number of rotatable bonds is 7. The average molecular weight is 347 g/mol. The maximum absolute atomic E-state index is 12.0. The van der Waals surface area contributed by atoms with Crippen LogP contribution in [0.3, 0.4) is 0 Å². The van der Waals surface area contributed by atoms with Crippen LogP contribution in [0.4, 0.5) is 4.79 Å². The molecule has 2 aliphatic rings. The van der Waals surface area contributed by atoms with E-state index >= 15 is 0 Å². The van der Waals surface area contributed by atoms with E-state index in [1.54, 1.807) is 6.07 Å². The highest BCUT2D eigenvalue weighted by Gasteiger charge is 2.25. The van der Waals surface area contributed by atoms with Gasteiger partial charge in [0.2, 0.25) is 11.8 Å². The Balaban J connectivity index is 1.38. The molecule has 1 saturated heterocycles. The molecule has 25 heavy (non-hydrogen) atoms. The first-order valence-electron chi connectivity index (χ1n) is 8.45. The molecule has 0 radical (unpaired) electrons. The van der Waals surface area contributed by atoms with Crippen molar-refractivity contribution >= 4 is 17.8 Å². The lowest BCUT2D eigenvalue weighted by atomic mass is 10.3. The van der Waals surface area contributed by atoms with Crippen molar-refractivity contribution in [1.82, 2.24) is 25.1 Å². The maximum atomic E-state index is 12.0. The highest BCUT2D eigenvalue weighted by Crippen LogP contribution is 2.38. The first-order valence-corrected chi connectivity index (χ1v) is 8.45. The second-order valence-corrected chi connectivity index (χ2v) is 6.31. The molecule has 1 aromatic rings. The van der Waals surface area contributed by atoms with Crippen LogP contribution in [-0.4, -0.2) is 51.9 Å². The molecule has 0 bridgehead atoms. The quantitative estimate of drug-likeness (QED) is 0.695. The Hall–Kier alpha value is -2.71. The molecule has 0 aromatic carbocycles. The normalized spacial score (nSPS) is 17.4. The van der Waals surface area contributed by atoms with Crippen molar-refractivity contribution in [1.29, 1.82) is 0 Å². The van der Waals surface area contributed by atoms with Crippen molar-refractivity contribution in [3.63, 3.8) is 0 Å². The van der Waals surface area contributed by atoms with Gasteiger partial charge in [-0.25, -0.2) is 9.78 Å². The molecular formula is C16H21N5O4. The lowest BCUT2D eigenvalue weighted by Gasteiger charge is -2.26. The fraction of sp³-hybridized carbons (Fsp3) is 0.562. The number of nitrogens with one attached hydrogen (secondary N) is 2. The van der Waals surface area contributed by atoms with E-state index in [-0.39, 0.29) is 36.8 Å². The fourth-order valence-electron chi connectivity index (χ4n) is 2.66. The summed E-state index contributed by atoms with van der Waals surface area (Å²) in [5.74, 6) is -0.0675. The van der Waals surface area contributed by atoms with Gasteiger partial charge in [0.15, 0.2) is 0 Å². The van der Waals surface area contributed by atoms with E-state index in [2.05, 4.69) is 15.6 Å². The molecule has 2 N–H and O–H groups in total. The van der Waals surface area contributed by atoms with Crippen LogP contribution in [0.1, 0.15) is 37.3 Å². The molecule has 0 spiro atoms. The standard InChI is InChI=1S/C16H21N5O4/c22-13(3-6-20-7-4-14(23)19-16(20)25)17-5-8-21-10-18-12(9-15(21)24)11-1-2-11/h9-11H,1-8H2,(H,17,22)(H,19,23,25). The molecular weight excluding hydrogens is 326 g/mol. The number of nitrogens with zero attached hydrogens (tertiary/aromatic N) is 3. The van der Waals surface area contributed by atoms with Gasteiger partial charge < -0.3 is 10.2 Å². The minimum Gasteiger partial charge on any atom is -0.354 e. The molecule has 9 heteroatoms. The summed E-state index contributed by atoms with van der Waals surface area (Å²) in [6.07, 6.45) is 4.11. The summed E-state index contributed by atoms with van der Waals surface area (Å²) in [4.78, 5) is 52.1. The summed E-state index contributed by atoms with van der Waals surface area (Å²) in [7, 11) is 0. The number of urea groups is 1. The molecule has 1 aliphatic carbocycles. The van der Waals surface area contributed by atoms with Crippen LogP contribution in [0, 0.1) is 0 Å². The van der Waals surface area contributed by atoms with Crippen LogP contribution >= 0.6 is 0 Å². The first kappa shape index (κ1) is 17.1. The van der Waals surface area contributed by atoms with Crippen molar-refractivity contribution in [2.45, 2.75) is 38.1 Å². The third-order valence-electron chi connectivity index (χ3n) is 4.32. The molecule has 1 aliphatic heterocycles. The molecule has 0 unspecified atom stereocenters. The third kappa shape index (κ3) is 4.65. The Kier molecular flexibility index (Phi) is 5.11. The predicted molar refractivity (Wildman–Crippen MR) is 87.8 cm³/mol. The topological polar surface area (TPSA) is 113 Å². The minimum absolute atomic E-state index is 0.110. The van der Waals surface area contributed by atoms with Gasteiger partial charge in [-0.3, -0.25) is 24.3 Å². The molecule has 0 atom stereocenters. The highest BCUT2D eigenvalue weighted by atomic mass is 16.2. The van der Waals surface area contributed by atoms with Crippen LogP contribution in [0.5, 0.6) is 0 Å². The predicted octanol–water partition coefficient (Wildman–Crippen LogP) is -0.431. The lowest BCUT2D eigenvalue weighted by molar-refractivity contribution is -0.121. The van der Waals surface area contributed by atoms with E-state index < -0.39 is 6.03 Å². The van der Waals surface area contributed by atoms with Crippen molar-refractivity contribution in [2.24, 2.45) is 0 Å². The van der Waals surface area contributed by atoms with Gasteiger partial charge in [0, 0.05) is 51.0 Å². The second-order valence-electron chi connectivity index (χ2n) is 6.31. The Morgan fingerprint density at radius 1 is 1.28 bits per heavy atom. The molecule has 2 fully saturated rings. The van der Waals surface area contributed by atoms with Crippen LogP contribution in [0.15, 0.2) is 17.2 Å². The Morgan fingerprint density at radius 3 is 2.76 bits per heavy atom. The molecule has 9 nitrogen and oxygen atoms in total. The fourth-order valence-corrected chi connectivity index (χ4v) is 2.66. The number of aromatic nitrogens is 2. The van der Waals surface area contributed by atoms with Gasteiger partial charge in [-0.05, 0) is 12.8 Å². The zero-order valence-corrected chi connectivity index (χ0v) is 13.9. The number of hydrogen-bond donors (Lipinski definition) is 2. The van der Waals surface area contributed by atoms with E-state index in [4.69, 9.17) is 0 Å². The molecule has 1 aromatic heterocycles. The van der Waals surface area contributed by atoms with Gasteiger partial charge >= 0.3 is 6.03 Å². The number of amides is 4. The van der Waals surface area contributed by atoms with Crippen LogP contribution in [0.25, 0.3) is 0 Å². The van der Waals surface area contributed by atoms with Crippen molar-refractivity contribution < 1.29 is 14.4 Å². The van der Waals surface area contributed by atoms with Gasteiger partial charge in [0.1, 0.15) is 0 Å². The summed E-state index contributed by atoms with van der Waals surface area (Å²) in [5.41, 5.74) is 0.740. The molecule has 3 rings (SSSR count). The maximum Gasteiger partial charge on any atom is 0.324 e. The summed E-state index contributed by atoms with van der Waals surface area (Å²) in [6, 6.07) is 1.10. The van der Waals surface area contributed by atoms with Crippen LogP contribution in [-0.2, 0) is 16.1 Å².